The minimum Gasteiger partial charge on any atom is -0.396 e. The molecule has 0 bridgehead atoms. The quantitative estimate of drug-likeness (QED) is 0.157. The molecule has 0 saturated heterocycles. The lowest BCUT2D eigenvalue weighted by atomic mass is 9.95. The van der Waals surface area contributed by atoms with Gasteiger partial charge < -0.3 is 15.5 Å². The van der Waals surface area contributed by atoms with Crippen LogP contribution in [0.4, 0.5) is 0 Å². The van der Waals surface area contributed by atoms with Crippen molar-refractivity contribution in [3.8, 4) is 11.1 Å². The van der Waals surface area contributed by atoms with Crippen LogP contribution in [0, 0.1) is 0 Å². The third kappa shape index (κ3) is 9.34. The SMILES string of the molecule is CC(C)Sc1c(C(=O)NS(=O)(=O)CCCO)ccc(-c2ccccc2)c1CCNC[C@H](O)c1cccc(Cl)c1. The summed E-state index contributed by atoms with van der Waals surface area (Å²) >= 11 is 7.56. The Hall–Kier alpha value is -2.40. The average molecular weight is 591 g/mol. The third-order valence-electron chi connectivity index (χ3n) is 5.89. The molecule has 0 aliphatic rings. The van der Waals surface area contributed by atoms with Crippen LogP contribution in [0.15, 0.2) is 71.6 Å². The number of aliphatic hydroxyl groups is 2. The largest absolute Gasteiger partial charge is 0.396 e. The van der Waals surface area contributed by atoms with Crippen molar-refractivity contribution >= 4 is 39.3 Å². The highest BCUT2D eigenvalue weighted by molar-refractivity contribution is 8.00. The number of amides is 1. The number of sulfonamides is 1. The molecule has 0 unspecified atom stereocenters. The zero-order valence-corrected chi connectivity index (χ0v) is 24.5. The Bertz CT molecular complexity index is 1350. The first-order valence-electron chi connectivity index (χ1n) is 12.8. The van der Waals surface area contributed by atoms with E-state index >= 15 is 0 Å². The van der Waals surface area contributed by atoms with E-state index in [1.807, 2.05) is 56.3 Å². The van der Waals surface area contributed by atoms with Gasteiger partial charge in [0.2, 0.25) is 10.0 Å². The number of hydrogen-bond donors (Lipinski definition) is 4. The van der Waals surface area contributed by atoms with Gasteiger partial charge in [0, 0.05) is 28.3 Å². The summed E-state index contributed by atoms with van der Waals surface area (Å²) in [5, 5.41) is 23.6. The van der Waals surface area contributed by atoms with Crippen LogP contribution in [0.25, 0.3) is 11.1 Å². The highest BCUT2D eigenvalue weighted by Crippen LogP contribution is 2.37. The van der Waals surface area contributed by atoms with Gasteiger partial charge in [0.15, 0.2) is 0 Å². The number of carbonyl (C=O) groups excluding carboxylic acids is 1. The fourth-order valence-electron chi connectivity index (χ4n) is 4.10. The van der Waals surface area contributed by atoms with Gasteiger partial charge in [-0.15, -0.1) is 11.8 Å². The van der Waals surface area contributed by atoms with Crippen LogP contribution >= 0.6 is 23.4 Å². The molecule has 0 radical (unpaired) electrons. The van der Waals surface area contributed by atoms with E-state index < -0.39 is 22.0 Å². The van der Waals surface area contributed by atoms with Crippen LogP contribution in [0.3, 0.4) is 0 Å². The highest BCUT2D eigenvalue weighted by Gasteiger charge is 2.23. The third-order valence-corrected chi connectivity index (χ3v) is 8.62. The molecule has 3 aromatic rings. The molecule has 3 aromatic carbocycles. The van der Waals surface area contributed by atoms with Gasteiger partial charge in [0.05, 0.1) is 17.4 Å². The lowest BCUT2D eigenvalue weighted by Gasteiger charge is -2.21. The van der Waals surface area contributed by atoms with Gasteiger partial charge in [-0.1, -0.05) is 74.0 Å². The Morgan fingerprint density at radius 2 is 1.79 bits per heavy atom. The van der Waals surface area contributed by atoms with E-state index in [9.17, 15) is 18.3 Å². The minimum atomic E-state index is -3.89. The molecule has 210 valence electrons. The summed E-state index contributed by atoms with van der Waals surface area (Å²) in [6, 6.07) is 20.4. The Morgan fingerprint density at radius 1 is 1.05 bits per heavy atom. The summed E-state index contributed by atoms with van der Waals surface area (Å²) in [4.78, 5) is 13.9. The van der Waals surface area contributed by atoms with E-state index in [1.165, 1.54) is 11.8 Å². The van der Waals surface area contributed by atoms with Crippen LogP contribution in [0.5, 0.6) is 0 Å². The van der Waals surface area contributed by atoms with E-state index in [0.29, 0.717) is 24.5 Å². The van der Waals surface area contributed by atoms with E-state index in [4.69, 9.17) is 16.7 Å². The van der Waals surface area contributed by atoms with Crippen molar-refractivity contribution in [3.05, 3.63) is 88.4 Å². The lowest BCUT2D eigenvalue weighted by molar-refractivity contribution is 0.0978. The second kappa shape index (κ2) is 14.8. The molecule has 0 spiro atoms. The van der Waals surface area contributed by atoms with Crippen molar-refractivity contribution in [2.24, 2.45) is 0 Å². The summed E-state index contributed by atoms with van der Waals surface area (Å²) in [6.07, 6.45) is -0.149. The first kappa shape index (κ1) is 31.1. The zero-order chi connectivity index (χ0) is 28.4. The Morgan fingerprint density at radius 3 is 2.46 bits per heavy atom. The molecule has 0 aromatic heterocycles. The fourth-order valence-corrected chi connectivity index (χ4v) is 6.41. The van der Waals surface area contributed by atoms with Gasteiger partial charge in [-0.25, -0.2) is 13.1 Å². The first-order chi connectivity index (χ1) is 18.6. The summed E-state index contributed by atoms with van der Waals surface area (Å²) in [6.45, 7) is 4.59. The van der Waals surface area contributed by atoms with E-state index in [2.05, 4.69) is 10.0 Å². The Labute approximate surface area is 240 Å². The lowest BCUT2D eigenvalue weighted by Crippen LogP contribution is -2.33. The van der Waals surface area contributed by atoms with Crippen LogP contribution in [-0.2, 0) is 16.4 Å². The van der Waals surface area contributed by atoms with Crippen molar-refractivity contribution < 1.29 is 23.4 Å². The summed E-state index contributed by atoms with van der Waals surface area (Å²) < 4.78 is 27.0. The summed E-state index contributed by atoms with van der Waals surface area (Å²) in [7, 11) is -3.89. The molecule has 10 heteroatoms. The molecular formula is C29H35ClN2O5S2. The van der Waals surface area contributed by atoms with Gasteiger partial charge in [0.1, 0.15) is 0 Å². The van der Waals surface area contributed by atoms with Gasteiger partial charge in [0.25, 0.3) is 5.91 Å². The van der Waals surface area contributed by atoms with E-state index in [0.717, 1.165) is 27.1 Å². The van der Waals surface area contributed by atoms with Crippen molar-refractivity contribution in [2.45, 2.75) is 42.9 Å². The molecule has 0 fully saturated rings. The zero-order valence-electron chi connectivity index (χ0n) is 22.1. The van der Waals surface area contributed by atoms with Gasteiger partial charge in [-0.2, -0.15) is 0 Å². The van der Waals surface area contributed by atoms with Crippen molar-refractivity contribution in [1.82, 2.24) is 10.0 Å². The number of nitrogens with one attached hydrogen (secondary N) is 2. The van der Waals surface area contributed by atoms with Gasteiger partial charge in [-0.3, -0.25) is 4.79 Å². The van der Waals surface area contributed by atoms with E-state index in [-0.39, 0.29) is 29.6 Å². The topological polar surface area (TPSA) is 116 Å². The average Bonchev–Trinajstić information content (AvgIpc) is 2.90. The molecular weight excluding hydrogens is 556 g/mol. The minimum absolute atomic E-state index is 0.0428. The molecule has 1 amide bonds. The second-order valence-electron chi connectivity index (χ2n) is 9.35. The number of aliphatic hydroxyl groups excluding tert-OH is 2. The maximum atomic E-state index is 13.2. The van der Waals surface area contributed by atoms with E-state index in [1.54, 1.807) is 24.3 Å². The molecule has 0 aliphatic heterocycles. The normalized spacial score (nSPS) is 12.5. The molecule has 1 atom stereocenters. The molecule has 4 N–H and O–H groups in total. The monoisotopic (exact) mass is 590 g/mol. The second-order valence-corrected chi connectivity index (χ2v) is 13.2. The number of thioether (sulfide) groups is 1. The van der Waals surface area contributed by atoms with Crippen LogP contribution in [-0.4, -0.2) is 55.2 Å². The summed E-state index contributed by atoms with van der Waals surface area (Å²) in [5.41, 5.74) is 3.87. The number of benzene rings is 3. The van der Waals surface area contributed by atoms with Crippen LogP contribution < -0.4 is 10.0 Å². The molecule has 0 heterocycles. The van der Waals surface area contributed by atoms with Crippen molar-refractivity contribution in [1.29, 1.82) is 0 Å². The molecule has 0 saturated carbocycles. The predicted octanol–water partition coefficient (Wildman–Crippen LogP) is 4.82. The molecule has 7 nitrogen and oxygen atoms in total. The Kier molecular flexibility index (Phi) is 11.8. The first-order valence-corrected chi connectivity index (χ1v) is 15.7. The van der Waals surface area contributed by atoms with Crippen LogP contribution in [0.1, 0.15) is 47.9 Å². The maximum Gasteiger partial charge on any atom is 0.265 e. The summed E-state index contributed by atoms with van der Waals surface area (Å²) in [5.74, 6) is -1.03. The highest BCUT2D eigenvalue weighted by atomic mass is 35.5. The Balaban J connectivity index is 1.91. The number of carbonyl (C=O) groups is 1. The number of halogens is 1. The number of rotatable bonds is 14. The standard InChI is InChI=1S/C29H35ClN2O5S2/c1-20(2)38-28-25(14-15-31-19-27(34)22-10-6-11-23(30)18-22)24(21-8-4-3-5-9-21)12-13-26(28)29(35)32-39(36,37)17-7-16-33/h3-6,8-13,18,20,27,31,33-34H,7,14-17,19H2,1-2H3,(H,32,35)/t27-/m0/s1. The molecule has 0 aliphatic carbocycles. The van der Waals surface area contributed by atoms with Gasteiger partial charge in [-0.05, 0) is 59.8 Å². The molecule has 39 heavy (non-hydrogen) atoms. The molecule has 3 rings (SSSR count). The smallest absolute Gasteiger partial charge is 0.265 e. The van der Waals surface area contributed by atoms with Crippen molar-refractivity contribution in [2.75, 3.05) is 25.4 Å². The predicted molar refractivity (Wildman–Crippen MR) is 159 cm³/mol. The number of hydrogen-bond acceptors (Lipinski definition) is 7. The fraction of sp³-hybridized carbons (Fsp3) is 0.345. The van der Waals surface area contributed by atoms with Gasteiger partial charge >= 0.3 is 0 Å². The van der Waals surface area contributed by atoms with Crippen molar-refractivity contribution in [3.63, 3.8) is 0 Å². The van der Waals surface area contributed by atoms with Crippen LogP contribution in [0.2, 0.25) is 5.02 Å². The maximum absolute atomic E-state index is 13.2.